The molecule has 3 aromatic rings. The second kappa shape index (κ2) is 11.8. The van der Waals surface area contributed by atoms with Crippen LogP contribution in [-0.4, -0.2) is 23.3 Å². The molecule has 0 amide bonds. The predicted molar refractivity (Wildman–Crippen MR) is 131 cm³/mol. The van der Waals surface area contributed by atoms with E-state index in [1.807, 2.05) is 62.4 Å². The Labute approximate surface area is 203 Å². The van der Waals surface area contributed by atoms with Gasteiger partial charge in [-0.1, -0.05) is 57.2 Å². The SMILES string of the molecule is CCc1cccc(Oc2cccc(C(NCC(O)C(C)C)c3cccc(SC(F)(F)F)c3)c2)c1. The zero-order valence-electron chi connectivity index (χ0n) is 19.5. The van der Waals surface area contributed by atoms with Gasteiger partial charge in [0.2, 0.25) is 0 Å². The highest BCUT2D eigenvalue weighted by Crippen LogP contribution is 2.38. The van der Waals surface area contributed by atoms with Gasteiger partial charge in [-0.25, -0.2) is 0 Å². The van der Waals surface area contributed by atoms with E-state index in [0.717, 1.165) is 23.3 Å². The zero-order valence-corrected chi connectivity index (χ0v) is 20.3. The van der Waals surface area contributed by atoms with Crippen molar-refractivity contribution in [3.63, 3.8) is 0 Å². The average Bonchev–Trinajstić information content (AvgIpc) is 2.78. The molecule has 2 unspecified atom stereocenters. The molecule has 3 aromatic carbocycles. The van der Waals surface area contributed by atoms with Gasteiger partial charge >= 0.3 is 5.51 Å². The summed E-state index contributed by atoms with van der Waals surface area (Å²) in [7, 11) is 0. The first-order chi connectivity index (χ1) is 16.1. The Balaban J connectivity index is 1.91. The standard InChI is InChI=1S/C27H30F3NO2S/c1-4-19-8-5-11-22(14-19)33-23-12-6-9-20(15-23)26(31-17-25(32)18(2)3)21-10-7-13-24(16-21)34-27(28,29)30/h5-16,18,25-26,31-32H,4,17H2,1-3H3. The van der Waals surface area contributed by atoms with Crippen LogP contribution >= 0.6 is 11.8 Å². The fraction of sp³-hybridized carbons (Fsp3) is 0.333. The van der Waals surface area contributed by atoms with Crippen LogP contribution in [0.4, 0.5) is 13.2 Å². The fourth-order valence-electron chi connectivity index (χ4n) is 3.52. The zero-order chi connectivity index (χ0) is 24.7. The monoisotopic (exact) mass is 489 g/mol. The highest BCUT2D eigenvalue weighted by atomic mass is 32.2. The van der Waals surface area contributed by atoms with E-state index < -0.39 is 17.7 Å². The lowest BCUT2D eigenvalue weighted by Gasteiger charge is -2.24. The van der Waals surface area contributed by atoms with E-state index in [-0.39, 0.29) is 22.6 Å². The number of benzene rings is 3. The summed E-state index contributed by atoms with van der Waals surface area (Å²) in [6, 6.07) is 21.3. The van der Waals surface area contributed by atoms with Crippen molar-refractivity contribution in [3.05, 3.63) is 89.5 Å². The number of ether oxygens (including phenoxy) is 1. The number of alkyl halides is 3. The molecule has 0 saturated carbocycles. The topological polar surface area (TPSA) is 41.5 Å². The van der Waals surface area contributed by atoms with Crippen LogP contribution in [0.15, 0.2) is 77.7 Å². The first kappa shape index (κ1) is 26.1. The van der Waals surface area contributed by atoms with Crippen LogP contribution in [0.5, 0.6) is 11.5 Å². The van der Waals surface area contributed by atoms with E-state index >= 15 is 0 Å². The Kier molecular flexibility index (Phi) is 9.05. The van der Waals surface area contributed by atoms with E-state index in [9.17, 15) is 18.3 Å². The van der Waals surface area contributed by atoms with Crippen LogP contribution in [0.1, 0.15) is 43.5 Å². The summed E-state index contributed by atoms with van der Waals surface area (Å²) < 4.78 is 44.9. The number of nitrogens with one attached hydrogen (secondary N) is 1. The van der Waals surface area contributed by atoms with Gasteiger partial charge in [-0.15, -0.1) is 0 Å². The van der Waals surface area contributed by atoms with Crippen molar-refractivity contribution in [2.24, 2.45) is 5.92 Å². The van der Waals surface area contributed by atoms with E-state index in [1.165, 1.54) is 12.1 Å². The number of thioether (sulfide) groups is 1. The third-order valence-electron chi connectivity index (χ3n) is 5.46. The molecule has 3 nitrogen and oxygen atoms in total. The minimum Gasteiger partial charge on any atom is -0.457 e. The number of aliphatic hydroxyl groups excluding tert-OH is 1. The molecule has 0 fully saturated rings. The third-order valence-corrected chi connectivity index (χ3v) is 6.18. The number of hydrogen-bond acceptors (Lipinski definition) is 4. The second-order valence-electron chi connectivity index (χ2n) is 8.45. The van der Waals surface area contributed by atoms with Crippen LogP contribution < -0.4 is 10.1 Å². The summed E-state index contributed by atoms with van der Waals surface area (Å²) in [6.45, 7) is 6.21. The molecule has 7 heteroatoms. The quantitative estimate of drug-likeness (QED) is 0.292. The Morgan fingerprint density at radius 3 is 2.18 bits per heavy atom. The minimum atomic E-state index is -4.36. The molecule has 0 aromatic heterocycles. The molecule has 2 atom stereocenters. The molecule has 0 radical (unpaired) electrons. The molecule has 0 aliphatic heterocycles. The van der Waals surface area contributed by atoms with Crippen molar-refractivity contribution < 1.29 is 23.0 Å². The molecule has 34 heavy (non-hydrogen) atoms. The van der Waals surface area contributed by atoms with Crippen molar-refractivity contribution in [2.45, 2.75) is 49.7 Å². The number of rotatable bonds is 10. The van der Waals surface area contributed by atoms with Gasteiger partial charge in [-0.2, -0.15) is 13.2 Å². The van der Waals surface area contributed by atoms with Crippen LogP contribution in [0, 0.1) is 5.92 Å². The lowest BCUT2D eigenvalue weighted by Crippen LogP contribution is -2.33. The summed E-state index contributed by atoms with van der Waals surface area (Å²) in [5.74, 6) is 1.39. The van der Waals surface area contributed by atoms with E-state index in [2.05, 4.69) is 12.2 Å². The maximum absolute atomic E-state index is 13.0. The maximum Gasteiger partial charge on any atom is 0.446 e. The summed E-state index contributed by atoms with van der Waals surface area (Å²) >= 11 is -0.137. The van der Waals surface area contributed by atoms with Gasteiger partial charge in [0.25, 0.3) is 0 Å². The number of halogens is 3. The van der Waals surface area contributed by atoms with Gasteiger partial charge in [0.1, 0.15) is 11.5 Å². The molecule has 3 rings (SSSR count). The van der Waals surface area contributed by atoms with Crippen LogP contribution in [0.2, 0.25) is 0 Å². The smallest absolute Gasteiger partial charge is 0.446 e. The molecule has 0 spiro atoms. The molecule has 0 aliphatic rings. The van der Waals surface area contributed by atoms with Crippen molar-refractivity contribution >= 4 is 11.8 Å². The van der Waals surface area contributed by atoms with Gasteiger partial charge in [0, 0.05) is 11.4 Å². The predicted octanol–water partition coefficient (Wildman–Crippen LogP) is 7.35. The summed E-state index contributed by atoms with van der Waals surface area (Å²) in [5.41, 5.74) is -1.70. The first-order valence-corrected chi connectivity index (χ1v) is 12.1. The van der Waals surface area contributed by atoms with E-state index in [1.54, 1.807) is 12.1 Å². The van der Waals surface area contributed by atoms with Crippen LogP contribution in [0.3, 0.4) is 0 Å². The lowest BCUT2D eigenvalue weighted by atomic mass is 9.97. The van der Waals surface area contributed by atoms with Crippen molar-refractivity contribution in [3.8, 4) is 11.5 Å². The highest BCUT2D eigenvalue weighted by Gasteiger charge is 2.29. The molecular weight excluding hydrogens is 459 g/mol. The normalized spacial score (nSPS) is 13.6. The molecule has 182 valence electrons. The largest absolute Gasteiger partial charge is 0.457 e. The first-order valence-electron chi connectivity index (χ1n) is 11.3. The lowest BCUT2D eigenvalue weighted by molar-refractivity contribution is -0.0328. The highest BCUT2D eigenvalue weighted by molar-refractivity contribution is 8.00. The molecular formula is C27H30F3NO2S. The van der Waals surface area contributed by atoms with E-state index in [0.29, 0.717) is 17.9 Å². The summed E-state index contributed by atoms with van der Waals surface area (Å²) in [6.07, 6.45) is 0.305. The number of aliphatic hydroxyl groups is 1. The van der Waals surface area contributed by atoms with Crippen LogP contribution in [-0.2, 0) is 6.42 Å². The summed E-state index contributed by atoms with van der Waals surface area (Å²) in [5, 5.41) is 13.7. The Bertz CT molecular complexity index is 1070. The molecule has 0 aliphatic carbocycles. The summed E-state index contributed by atoms with van der Waals surface area (Å²) in [4.78, 5) is 0.116. The van der Waals surface area contributed by atoms with Gasteiger partial charge in [0.05, 0.1) is 12.1 Å². The van der Waals surface area contributed by atoms with Gasteiger partial charge < -0.3 is 15.2 Å². The Morgan fingerprint density at radius 1 is 0.912 bits per heavy atom. The molecule has 2 N–H and O–H groups in total. The maximum atomic E-state index is 13.0. The van der Waals surface area contributed by atoms with Crippen molar-refractivity contribution in [1.82, 2.24) is 5.32 Å². The molecule has 0 bridgehead atoms. The van der Waals surface area contributed by atoms with Gasteiger partial charge in [0.15, 0.2) is 0 Å². The number of hydrogen-bond donors (Lipinski definition) is 2. The number of aryl methyl sites for hydroxylation is 1. The van der Waals surface area contributed by atoms with Gasteiger partial charge in [-0.05, 0) is 77.2 Å². The Morgan fingerprint density at radius 2 is 1.53 bits per heavy atom. The van der Waals surface area contributed by atoms with E-state index in [4.69, 9.17) is 4.74 Å². The van der Waals surface area contributed by atoms with Crippen molar-refractivity contribution in [1.29, 1.82) is 0 Å². The van der Waals surface area contributed by atoms with Crippen molar-refractivity contribution in [2.75, 3.05) is 6.54 Å². The van der Waals surface area contributed by atoms with Crippen LogP contribution in [0.25, 0.3) is 0 Å². The Hall–Kier alpha value is -2.48. The fourth-order valence-corrected chi connectivity index (χ4v) is 4.13. The van der Waals surface area contributed by atoms with Gasteiger partial charge in [-0.3, -0.25) is 0 Å². The second-order valence-corrected chi connectivity index (χ2v) is 9.59. The molecule has 0 heterocycles. The average molecular weight is 490 g/mol. The molecule has 0 saturated heterocycles. The minimum absolute atomic E-state index is 0.0424. The third kappa shape index (κ3) is 7.79.